The molecule has 4 heteroatoms. The monoisotopic (exact) mass is 474 g/mol. The van der Waals surface area contributed by atoms with Crippen LogP contribution in [0.1, 0.15) is 87.3 Å². The van der Waals surface area contributed by atoms with Crippen molar-refractivity contribution in [2.75, 3.05) is 0 Å². The Morgan fingerprint density at radius 1 is 0.844 bits per heavy atom. The van der Waals surface area contributed by atoms with Crippen molar-refractivity contribution in [3.63, 3.8) is 0 Å². The van der Waals surface area contributed by atoms with Crippen molar-refractivity contribution in [1.82, 2.24) is 0 Å². The summed E-state index contributed by atoms with van der Waals surface area (Å²) in [6.45, 7) is 23.1. The van der Waals surface area contributed by atoms with Crippen LogP contribution in [0.4, 0.5) is 0 Å². The maximum Gasteiger partial charge on any atom is 0.257 e. The minimum Gasteiger partial charge on any atom is -0.548 e. The minimum atomic E-state index is -1.87. The molecular formula is C28H50O2Si2. The highest BCUT2D eigenvalue weighted by Crippen LogP contribution is 2.42. The van der Waals surface area contributed by atoms with Crippen LogP contribution in [0.15, 0.2) is 54.3 Å². The fourth-order valence-electron chi connectivity index (χ4n) is 5.33. The van der Waals surface area contributed by atoms with E-state index in [1.54, 1.807) is 0 Å². The molecule has 0 saturated carbocycles. The van der Waals surface area contributed by atoms with Crippen molar-refractivity contribution in [1.29, 1.82) is 0 Å². The summed E-state index contributed by atoms with van der Waals surface area (Å²) in [6.07, 6.45) is 7.34. The first-order valence-electron chi connectivity index (χ1n) is 12.8. The molecule has 0 aliphatic heterocycles. The van der Waals surface area contributed by atoms with Gasteiger partial charge in [0.15, 0.2) is 8.32 Å². The Balaban J connectivity index is 3.03. The standard InChI is InChI=1S/C28H50O2Si2/c1-11-31(12-2,13-3)30-28(27-19-15-14-16-20-27)22-26(10)18-17-21-29-32(23(4)5,24(6)7)25(8)9/h14-21,23-25,28H,11-13,22H2,1-10H3/b21-17+,26-18+. The second-order valence-electron chi connectivity index (χ2n) is 10.2. The highest BCUT2D eigenvalue weighted by Gasteiger charge is 2.46. The number of allylic oxidation sites excluding steroid dienone is 2. The largest absolute Gasteiger partial charge is 0.548 e. The van der Waals surface area contributed by atoms with Crippen LogP contribution < -0.4 is 0 Å². The van der Waals surface area contributed by atoms with Gasteiger partial charge in [-0.3, -0.25) is 0 Å². The molecule has 0 fully saturated rings. The Morgan fingerprint density at radius 3 is 1.78 bits per heavy atom. The van der Waals surface area contributed by atoms with Crippen LogP contribution in [0.25, 0.3) is 0 Å². The lowest BCUT2D eigenvalue weighted by atomic mass is 10.0. The molecule has 32 heavy (non-hydrogen) atoms. The lowest BCUT2D eigenvalue weighted by Crippen LogP contribution is -2.46. The summed E-state index contributed by atoms with van der Waals surface area (Å²) in [5.41, 5.74) is 4.38. The van der Waals surface area contributed by atoms with Gasteiger partial charge in [-0.05, 0) is 59.7 Å². The average Bonchev–Trinajstić information content (AvgIpc) is 2.76. The highest BCUT2D eigenvalue weighted by atomic mass is 28.4. The summed E-state index contributed by atoms with van der Waals surface area (Å²) in [4.78, 5) is 0. The molecule has 0 saturated heterocycles. The van der Waals surface area contributed by atoms with Gasteiger partial charge in [-0.15, -0.1) is 0 Å². The summed E-state index contributed by atoms with van der Waals surface area (Å²) in [5.74, 6) is 0. The first-order valence-corrected chi connectivity index (χ1v) is 17.5. The smallest absolute Gasteiger partial charge is 0.257 e. The Hall–Kier alpha value is -1.11. The lowest BCUT2D eigenvalue weighted by molar-refractivity contribution is 0.190. The van der Waals surface area contributed by atoms with E-state index in [9.17, 15) is 0 Å². The van der Waals surface area contributed by atoms with Gasteiger partial charge >= 0.3 is 0 Å². The van der Waals surface area contributed by atoms with Crippen molar-refractivity contribution in [3.8, 4) is 0 Å². The van der Waals surface area contributed by atoms with Gasteiger partial charge in [0, 0.05) is 0 Å². The molecule has 0 aromatic heterocycles. The van der Waals surface area contributed by atoms with Crippen LogP contribution in [0.5, 0.6) is 0 Å². The van der Waals surface area contributed by atoms with Crippen LogP contribution in [-0.4, -0.2) is 16.6 Å². The van der Waals surface area contributed by atoms with Gasteiger partial charge in [0.25, 0.3) is 8.32 Å². The predicted octanol–water partition coefficient (Wildman–Crippen LogP) is 9.79. The third-order valence-electron chi connectivity index (χ3n) is 7.44. The SMILES string of the molecule is CC[Si](CC)(CC)OC(C/C(C)=C/C=C/O[Si](C(C)C)(C(C)C)C(C)C)c1ccccc1. The van der Waals surface area contributed by atoms with Crippen molar-refractivity contribution in [2.24, 2.45) is 0 Å². The summed E-state index contributed by atoms with van der Waals surface area (Å²) < 4.78 is 13.5. The molecule has 0 heterocycles. The number of hydrogen-bond donors (Lipinski definition) is 0. The van der Waals surface area contributed by atoms with Crippen LogP contribution in [-0.2, 0) is 8.85 Å². The van der Waals surface area contributed by atoms with Gasteiger partial charge in [0.1, 0.15) is 0 Å². The van der Waals surface area contributed by atoms with Crippen molar-refractivity contribution in [3.05, 3.63) is 59.9 Å². The van der Waals surface area contributed by atoms with Gasteiger partial charge < -0.3 is 8.85 Å². The fraction of sp³-hybridized carbons (Fsp3) is 0.643. The van der Waals surface area contributed by atoms with Crippen LogP contribution in [0.2, 0.25) is 34.8 Å². The molecule has 0 aliphatic carbocycles. The molecule has 1 atom stereocenters. The van der Waals surface area contributed by atoms with E-state index < -0.39 is 16.6 Å². The minimum absolute atomic E-state index is 0.128. The molecule has 2 nitrogen and oxygen atoms in total. The number of hydrogen-bond acceptors (Lipinski definition) is 2. The maximum absolute atomic E-state index is 6.95. The van der Waals surface area contributed by atoms with E-state index in [-0.39, 0.29) is 6.10 Å². The summed E-state index contributed by atoms with van der Waals surface area (Å²) in [6, 6.07) is 14.3. The zero-order chi connectivity index (χ0) is 24.4. The molecule has 0 radical (unpaired) electrons. The molecule has 0 spiro atoms. The van der Waals surface area contributed by atoms with E-state index >= 15 is 0 Å². The summed E-state index contributed by atoms with van der Waals surface area (Å²) in [7, 11) is -3.56. The van der Waals surface area contributed by atoms with Gasteiger partial charge in [0.05, 0.1) is 12.4 Å². The van der Waals surface area contributed by atoms with Crippen LogP contribution in [0.3, 0.4) is 0 Å². The van der Waals surface area contributed by atoms with E-state index in [2.05, 4.69) is 112 Å². The highest BCUT2D eigenvalue weighted by molar-refractivity contribution is 6.77. The Bertz CT molecular complexity index is 673. The molecule has 0 amide bonds. The van der Waals surface area contributed by atoms with Crippen LogP contribution >= 0.6 is 0 Å². The van der Waals surface area contributed by atoms with Crippen molar-refractivity contribution >= 4 is 16.6 Å². The van der Waals surface area contributed by atoms with E-state index in [1.807, 2.05) is 6.26 Å². The Labute approximate surface area is 201 Å². The van der Waals surface area contributed by atoms with E-state index in [0.717, 1.165) is 6.42 Å². The van der Waals surface area contributed by atoms with Gasteiger partial charge in [-0.25, -0.2) is 0 Å². The first-order chi connectivity index (χ1) is 15.1. The first kappa shape index (κ1) is 28.9. The summed E-state index contributed by atoms with van der Waals surface area (Å²) >= 11 is 0. The van der Waals surface area contributed by atoms with Gasteiger partial charge in [-0.1, -0.05) is 104 Å². The molecule has 182 valence electrons. The normalized spacial score (nSPS) is 14.7. The molecule has 1 aromatic rings. The molecule has 0 N–H and O–H groups in total. The fourth-order valence-corrected chi connectivity index (χ4v) is 13.3. The molecular weight excluding hydrogens is 424 g/mol. The second-order valence-corrected chi connectivity index (χ2v) is 20.4. The van der Waals surface area contributed by atoms with E-state index in [1.165, 1.54) is 29.3 Å². The topological polar surface area (TPSA) is 18.5 Å². The molecule has 0 aliphatic rings. The maximum atomic E-state index is 6.95. The quantitative estimate of drug-likeness (QED) is 0.152. The van der Waals surface area contributed by atoms with E-state index in [4.69, 9.17) is 8.85 Å². The number of benzene rings is 1. The van der Waals surface area contributed by atoms with Crippen molar-refractivity contribution < 1.29 is 8.85 Å². The molecule has 1 unspecified atom stereocenters. The Kier molecular flexibility index (Phi) is 12.3. The molecule has 1 aromatic carbocycles. The van der Waals surface area contributed by atoms with Gasteiger partial charge in [-0.2, -0.15) is 0 Å². The Morgan fingerprint density at radius 2 is 1.34 bits per heavy atom. The third-order valence-corrected chi connectivity index (χ3v) is 18.1. The van der Waals surface area contributed by atoms with Gasteiger partial charge in [0.2, 0.25) is 0 Å². The van der Waals surface area contributed by atoms with E-state index in [0.29, 0.717) is 16.6 Å². The zero-order valence-corrected chi connectivity index (χ0v) is 24.6. The summed E-state index contributed by atoms with van der Waals surface area (Å²) in [5, 5.41) is 0. The second kappa shape index (κ2) is 13.6. The zero-order valence-electron chi connectivity index (χ0n) is 22.6. The number of rotatable bonds is 14. The molecule has 0 bridgehead atoms. The average molecular weight is 475 g/mol. The third kappa shape index (κ3) is 7.46. The lowest BCUT2D eigenvalue weighted by Gasteiger charge is -2.41. The van der Waals surface area contributed by atoms with Crippen LogP contribution in [0, 0.1) is 0 Å². The molecule has 1 rings (SSSR count). The van der Waals surface area contributed by atoms with Crippen molar-refractivity contribution in [2.45, 2.75) is 117 Å². The predicted molar refractivity (Wildman–Crippen MR) is 147 cm³/mol.